The van der Waals surface area contributed by atoms with Crippen molar-refractivity contribution in [2.75, 3.05) is 12.4 Å². The number of halogens is 1. The molecule has 0 saturated heterocycles. The molecule has 0 fully saturated rings. The van der Waals surface area contributed by atoms with E-state index < -0.39 is 5.91 Å². The van der Waals surface area contributed by atoms with E-state index in [1.54, 1.807) is 36.4 Å². The summed E-state index contributed by atoms with van der Waals surface area (Å²) < 4.78 is 11.4. The maximum absolute atomic E-state index is 12.7. The Morgan fingerprint density at radius 1 is 1.09 bits per heavy atom. The first kappa shape index (κ1) is 22.9. The van der Waals surface area contributed by atoms with Crippen molar-refractivity contribution in [3.63, 3.8) is 0 Å². The minimum absolute atomic E-state index is 0.0483. The van der Waals surface area contributed by atoms with Crippen molar-refractivity contribution in [3.05, 3.63) is 93.5 Å². The van der Waals surface area contributed by atoms with Gasteiger partial charge in [-0.15, -0.1) is 0 Å². The third-order valence-electron chi connectivity index (χ3n) is 4.96. The minimum atomic E-state index is -0.498. The quantitative estimate of drug-likeness (QED) is 0.352. The van der Waals surface area contributed by atoms with Crippen LogP contribution in [0.25, 0.3) is 6.08 Å². The van der Waals surface area contributed by atoms with Crippen LogP contribution in [-0.2, 0) is 11.4 Å². The van der Waals surface area contributed by atoms with Crippen LogP contribution in [0.15, 0.2) is 66.2 Å². The van der Waals surface area contributed by atoms with Crippen molar-refractivity contribution < 1.29 is 14.3 Å². The molecule has 0 aliphatic heterocycles. The molecule has 0 aliphatic carbocycles. The van der Waals surface area contributed by atoms with Gasteiger partial charge in [-0.1, -0.05) is 41.9 Å². The molecule has 3 rings (SSSR count). The van der Waals surface area contributed by atoms with Gasteiger partial charge in [0.2, 0.25) is 0 Å². The molecule has 0 saturated carbocycles. The third kappa shape index (κ3) is 5.69. The monoisotopic (exact) mass is 446 g/mol. The summed E-state index contributed by atoms with van der Waals surface area (Å²) in [7, 11) is 1.54. The average Bonchev–Trinajstić information content (AvgIpc) is 2.79. The largest absolute Gasteiger partial charge is 0.493 e. The van der Waals surface area contributed by atoms with E-state index in [4.69, 9.17) is 21.1 Å². The zero-order valence-electron chi connectivity index (χ0n) is 18.1. The third-order valence-corrected chi connectivity index (χ3v) is 5.21. The number of hydrogen-bond acceptors (Lipinski definition) is 4. The molecular weight excluding hydrogens is 424 g/mol. The molecule has 1 N–H and O–H groups in total. The molecule has 5 nitrogen and oxygen atoms in total. The van der Waals surface area contributed by atoms with E-state index in [2.05, 4.69) is 5.32 Å². The van der Waals surface area contributed by atoms with Gasteiger partial charge in [0.05, 0.1) is 7.11 Å². The molecule has 32 heavy (non-hydrogen) atoms. The van der Waals surface area contributed by atoms with Gasteiger partial charge in [-0.25, -0.2) is 0 Å². The zero-order chi connectivity index (χ0) is 23.1. The fraction of sp³-hybridized carbons (Fsp3) is 0.154. The Morgan fingerprint density at radius 3 is 2.50 bits per heavy atom. The summed E-state index contributed by atoms with van der Waals surface area (Å²) in [5.74, 6) is 0.443. The lowest BCUT2D eigenvalue weighted by Gasteiger charge is -2.14. The molecule has 0 atom stereocenters. The number of anilines is 1. The molecule has 0 aromatic heterocycles. The van der Waals surface area contributed by atoms with E-state index in [1.807, 2.05) is 44.2 Å². The van der Waals surface area contributed by atoms with Crippen LogP contribution in [0.2, 0.25) is 5.02 Å². The van der Waals surface area contributed by atoms with Gasteiger partial charge in [0.15, 0.2) is 11.5 Å². The number of benzene rings is 3. The average molecular weight is 447 g/mol. The Labute approximate surface area is 192 Å². The normalized spacial score (nSPS) is 10.9. The van der Waals surface area contributed by atoms with Crippen molar-refractivity contribution >= 4 is 29.3 Å². The van der Waals surface area contributed by atoms with Gasteiger partial charge in [0.25, 0.3) is 5.91 Å². The lowest BCUT2D eigenvalue weighted by molar-refractivity contribution is -0.112. The first-order valence-corrected chi connectivity index (χ1v) is 10.3. The Hall–Kier alpha value is -3.75. The standard InChI is InChI=1S/C26H23ClN2O3/c1-17-7-12-23(13-18(17)2)29-26(30)21(15-28)14-20-5-4-6-24(31-3)25(20)32-16-19-8-10-22(27)11-9-19/h4-14H,16H2,1-3H3,(H,29,30)/b21-14-. The number of nitrogens with zero attached hydrogens (tertiary/aromatic N) is 1. The highest BCUT2D eigenvalue weighted by atomic mass is 35.5. The van der Waals surface area contributed by atoms with Crippen molar-refractivity contribution in [2.24, 2.45) is 0 Å². The Bertz CT molecular complexity index is 1190. The van der Waals surface area contributed by atoms with Crippen molar-refractivity contribution in [3.8, 4) is 17.6 Å². The number of ether oxygens (including phenoxy) is 2. The summed E-state index contributed by atoms with van der Waals surface area (Å²) in [5.41, 5.74) is 4.24. The summed E-state index contributed by atoms with van der Waals surface area (Å²) in [6.45, 7) is 4.23. The van der Waals surface area contributed by atoms with Gasteiger partial charge < -0.3 is 14.8 Å². The maximum Gasteiger partial charge on any atom is 0.266 e. The molecule has 0 unspecified atom stereocenters. The SMILES string of the molecule is COc1cccc(/C=C(/C#N)C(=O)Nc2ccc(C)c(C)c2)c1OCc1ccc(Cl)cc1. The van der Waals surface area contributed by atoms with Gasteiger partial charge in [0.1, 0.15) is 18.2 Å². The molecule has 1 amide bonds. The smallest absolute Gasteiger partial charge is 0.266 e. The molecule has 0 radical (unpaired) electrons. The highest BCUT2D eigenvalue weighted by Crippen LogP contribution is 2.33. The molecule has 3 aromatic rings. The highest BCUT2D eigenvalue weighted by Gasteiger charge is 2.15. The van der Waals surface area contributed by atoms with Crippen molar-refractivity contribution in [1.82, 2.24) is 0 Å². The molecule has 6 heteroatoms. The minimum Gasteiger partial charge on any atom is -0.493 e. The number of aryl methyl sites for hydroxylation is 2. The first-order chi connectivity index (χ1) is 15.4. The summed E-state index contributed by atoms with van der Waals surface area (Å²) >= 11 is 5.94. The van der Waals surface area contributed by atoms with E-state index in [0.29, 0.717) is 27.8 Å². The number of nitriles is 1. The van der Waals surface area contributed by atoms with E-state index in [9.17, 15) is 10.1 Å². The maximum atomic E-state index is 12.7. The summed E-state index contributed by atoms with van der Waals surface area (Å²) in [6, 6.07) is 20.2. The number of nitrogens with one attached hydrogen (secondary N) is 1. The van der Waals surface area contributed by atoms with Crippen LogP contribution in [0.4, 0.5) is 5.69 Å². The van der Waals surface area contributed by atoms with Crippen LogP contribution in [0, 0.1) is 25.2 Å². The van der Waals surface area contributed by atoms with Gasteiger partial charge in [-0.2, -0.15) is 5.26 Å². The second-order valence-electron chi connectivity index (χ2n) is 7.22. The Balaban J connectivity index is 1.87. The fourth-order valence-corrected chi connectivity index (χ4v) is 3.15. The number of para-hydroxylation sites is 1. The molecule has 3 aromatic carbocycles. The molecule has 0 bridgehead atoms. The topological polar surface area (TPSA) is 71.3 Å². The number of carbonyl (C=O) groups is 1. The summed E-state index contributed by atoms with van der Waals surface area (Å²) in [5, 5.41) is 13.0. The predicted octanol–water partition coefficient (Wildman–Crippen LogP) is 6.09. The fourth-order valence-electron chi connectivity index (χ4n) is 3.02. The number of carbonyl (C=O) groups excluding carboxylic acids is 1. The van der Waals surface area contributed by atoms with Gasteiger partial charge in [0, 0.05) is 16.3 Å². The van der Waals surface area contributed by atoms with Crippen molar-refractivity contribution in [1.29, 1.82) is 5.26 Å². The number of amides is 1. The van der Waals surface area contributed by atoms with Crippen LogP contribution in [0.1, 0.15) is 22.3 Å². The number of methoxy groups -OCH3 is 1. The second-order valence-corrected chi connectivity index (χ2v) is 7.65. The summed E-state index contributed by atoms with van der Waals surface area (Å²) in [4.78, 5) is 12.7. The Morgan fingerprint density at radius 2 is 1.84 bits per heavy atom. The van der Waals surface area contributed by atoms with Crippen LogP contribution >= 0.6 is 11.6 Å². The van der Waals surface area contributed by atoms with Crippen LogP contribution in [0.3, 0.4) is 0 Å². The zero-order valence-corrected chi connectivity index (χ0v) is 18.9. The van der Waals surface area contributed by atoms with E-state index in [1.165, 1.54) is 13.2 Å². The van der Waals surface area contributed by atoms with Crippen LogP contribution in [0.5, 0.6) is 11.5 Å². The van der Waals surface area contributed by atoms with Crippen molar-refractivity contribution in [2.45, 2.75) is 20.5 Å². The molecule has 0 spiro atoms. The molecule has 0 heterocycles. The van der Waals surface area contributed by atoms with Crippen LogP contribution < -0.4 is 14.8 Å². The molecule has 0 aliphatic rings. The van der Waals surface area contributed by atoms with Crippen LogP contribution in [-0.4, -0.2) is 13.0 Å². The van der Waals surface area contributed by atoms with Gasteiger partial charge in [-0.3, -0.25) is 4.79 Å². The second kappa shape index (κ2) is 10.5. The highest BCUT2D eigenvalue weighted by molar-refractivity contribution is 6.30. The molecular formula is C26H23ClN2O3. The lowest BCUT2D eigenvalue weighted by Crippen LogP contribution is -2.13. The summed E-state index contributed by atoms with van der Waals surface area (Å²) in [6.07, 6.45) is 1.50. The molecule has 162 valence electrons. The predicted molar refractivity (Wildman–Crippen MR) is 127 cm³/mol. The van der Waals surface area contributed by atoms with Gasteiger partial charge in [-0.05, 0) is 66.9 Å². The van der Waals surface area contributed by atoms with Gasteiger partial charge >= 0.3 is 0 Å². The number of rotatable bonds is 7. The van der Waals surface area contributed by atoms with E-state index >= 15 is 0 Å². The first-order valence-electron chi connectivity index (χ1n) is 9.96. The van der Waals surface area contributed by atoms with E-state index in [0.717, 1.165) is 16.7 Å². The lowest BCUT2D eigenvalue weighted by atomic mass is 10.1. The number of hydrogen-bond donors (Lipinski definition) is 1. The van der Waals surface area contributed by atoms with E-state index in [-0.39, 0.29) is 12.2 Å². The Kier molecular flexibility index (Phi) is 7.54.